The van der Waals surface area contributed by atoms with Crippen LogP contribution in [0.2, 0.25) is 0 Å². The molecule has 0 unspecified atom stereocenters. The average Bonchev–Trinajstić information content (AvgIpc) is 2.28. The second kappa shape index (κ2) is 8.66. The number of rotatable bonds is 0. The van der Waals surface area contributed by atoms with E-state index in [0.29, 0.717) is 9.28 Å². The van der Waals surface area contributed by atoms with Gasteiger partial charge < -0.3 is 10.4 Å². The van der Waals surface area contributed by atoms with Crippen molar-refractivity contribution in [3.05, 3.63) is 58.1 Å². The molecule has 7 heteroatoms. The molecule has 2 aromatic heterocycles. The first-order valence-corrected chi connectivity index (χ1v) is 5.17. The maximum atomic E-state index is 8.73. The Balaban J connectivity index is 0.000000284. The molecule has 0 atom stereocenters. The SMILES string of the molecule is On1ccccc1=S.On1ccccc1=S.[Ca+2]. The van der Waals surface area contributed by atoms with Crippen molar-refractivity contribution in [2.24, 2.45) is 0 Å². The van der Waals surface area contributed by atoms with Crippen molar-refractivity contribution in [1.82, 2.24) is 9.46 Å². The molecule has 0 aromatic carbocycles. The molecule has 84 valence electrons. The van der Waals surface area contributed by atoms with Crippen LogP contribution in [-0.2, 0) is 0 Å². The Bertz CT molecular complexity index is 517. The largest absolute Gasteiger partial charge is 2.00 e. The molecule has 2 N–H and O–H groups in total. The van der Waals surface area contributed by atoms with E-state index in [4.69, 9.17) is 10.4 Å². The summed E-state index contributed by atoms with van der Waals surface area (Å²) in [5, 5.41) is 17.5. The molecular weight excluding hydrogens is 284 g/mol. The summed E-state index contributed by atoms with van der Waals surface area (Å²) in [5.41, 5.74) is 0. The van der Waals surface area contributed by atoms with Crippen molar-refractivity contribution in [3.8, 4) is 0 Å². The van der Waals surface area contributed by atoms with E-state index in [1.807, 2.05) is 0 Å². The van der Waals surface area contributed by atoms with Crippen molar-refractivity contribution >= 4 is 62.2 Å². The molecule has 0 aliphatic heterocycles. The van der Waals surface area contributed by atoms with Crippen LogP contribution in [0.5, 0.6) is 0 Å². The molecule has 0 saturated carbocycles. The molecule has 0 saturated heterocycles. The van der Waals surface area contributed by atoms with Crippen molar-refractivity contribution in [2.45, 2.75) is 0 Å². The third-order valence-electron chi connectivity index (χ3n) is 1.61. The van der Waals surface area contributed by atoms with Crippen LogP contribution in [0.4, 0.5) is 0 Å². The minimum Gasteiger partial charge on any atom is -0.428 e. The smallest absolute Gasteiger partial charge is 0.428 e. The third-order valence-corrected chi connectivity index (χ3v) is 2.25. The van der Waals surface area contributed by atoms with E-state index in [-0.39, 0.29) is 37.7 Å². The second-order valence-electron chi connectivity index (χ2n) is 2.77. The van der Waals surface area contributed by atoms with Crippen LogP contribution < -0.4 is 0 Å². The molecular formula is C10H10CaN2O2S2+2. The minimum atomic E-state index is 0. The molecule has 0 bridgehead atoms. The molecule has 0 aliphatic rings. The molecule has 0 radical (unpaired) electrons. The van der Waals surface area contributed by atoms with Gasteiger partial charge in [-0.25, -0.2) is 0 Å². The van der Waals surface area contributed by atoms with Gasteiger partial charge in [-0.15, -0.1) is 0 Å². The van der Waals surface area contributed by atoms with Gasteiger partial charge in [0.25, 0.3) is 0 Å². The summed E-state index contributed by atoms with van der Waals surface area (Å²) in [5.74, 6) is 0. The van der Waals surface area contributed by atoms with E-state index in [1.54, 1.807) is 36.4 Å². The third kappa shape index (κ3) is 6.18. The maximum Gasteiger partial charge on any atom is 2.00 e. The van der Waals surface area contributed by atoms with Crippen LogP contribution in [0.3, 0.4) is 0 Å². The van der Waals surface area contributed by atoms with Gasteiger partial charge in [0.15, 0.2) is 0 Å². The van der Waals surface area contributed by atoms with Gasteiger partial charge in [0.1, 0.15) is 9.28 Å². The summed E-state index contributed by atoms with van der Waals surface area (Å²) in [6.45, 7) is 0. The molecule has 2 aromatic rings. The average molecular weight is 294 g/mol. The minimum absolute atomic E-state index is 0. The Morgan fingerprint density at radius 2 is 1.12 bits per heavy atom. The summed E-state index contributed by atoms with van der Waals surface area (Å²) in [7, 11) is 0. The molecule has 0 fully saturated rings. The van der Waals surface area contributed by atoms with Crippen LogP contribution in [0.1, 0.15) is 0 Å². The van der Waals surface area contributed by atoms with Gasteiger partial charge in [-0.05, 0) is 24.3 Å². The number of hydrogen-bond acceptors (Lipinski definition) is 4. The summed E-state index contributed by atoms with van der Waals surface area (Å²) in [6, 6.07) is 10.3. The van der Waals surface area contributed by atoms with Crippen LogP contribution in [0, 0.1) is 9.28 Å². The maximum absolute atomic E-state index is 8.73. The fourth-order valence-electron chi connectivity index (χ4n) is 0.838. The quantitative estimate of drug-likeness (QED) is 0.445. The number of pyridine rings is 2. The monoisotopic (exact) mass is 294 g/mol. The summed E-state index contributed by atoms with van der Waals surface area (Å²) in [4.78, 5) is 0. The van der Waals surface area contributed by atoms with E-state index < -0.39 is 0 Å². The number of hydrogen-bond donors (Lipinski definition) is 2. The first-order valence-electron chi connectivity index (χ1n) is 4.35. The molecule has 2 rings (SSSR count). The van der Waals surface area contributed by atoms with Crippen molar-refractivity contribution in [3.63, 3.8) is 0 Å². The Labute approximate surface area is 139 Å². The summed E-state index contributed by atoms with van der Waals surface area (Å²) < 4.78 is 2.64. The second-order valence-corrected chi connectivity index (χ2v) is 3.60. The van der Waals surface area contributed by atoms with E-state index in [1.165, 1.54) is 12.4 Å². The zero-order chi connectivity index (χ0) is 12.0. The Morgan fingerprint density at radius 3 is 1.29 bits per heavy atom. The molecule has 17 heavy (non-hydrogen) atoms. The van der Waals surface area contributed by atoms with Crippen LogP contribution in [0.15, 0.2) is 48.8 Å². The van der Waals surface area contributed by atoms with Gasteiger partial charge in [0, 0.05) is 12.4 Å². The predicted molar refractivity (Wildman–Crippen MR) is 70.7 cm³/mol. The van der Waals surface area contributed by atoms with Gasteiger partial charge in [0.2, 0.25) is 0 Å². The van der Waals surface area contributed by atoms with E-state index in [9.17, 15) is 0 Å². The number of nitrogens with zero attached hydrogens (tertiary/aromatic N) is 2. The first-order chi connectivity index (χ1) is 7.61. The zero-order valence-corrected chi connectivity index (χ0v) is 12.8. The molecule has 0 amide bonds. The van der Waals surface area contributed by atoms with Crippen LogP contribution in [-0.4, -0.2) is 57.6 Å². The van der Waals surface area contributed by atoms with Crippen LogP contribution >= 0.6 is 24.4 Å². The topological polar surface area (TPSA) is 50.3 Å². The van der Waals surface area contributed by atoms with Crippen molar-refractivity contribution < 1.29 is 10.4 Å². The van der Waals surface area contributed by atoms with E-state index >= 15 is 0 Å². The van der Waals surface area contributed by atoms with Gasteiger partial charge in [-0.1, -0.05) is 36.6 Å². The van der Waals surface area contributed by atoms with Gasteiger partial charge in [-0.2, -0.15) is 9.46 Å². The molecule has 2 heterocycles. The van der Waals surface area contributed by atoms with Crippen molar-refractivity contribution in [1.29, 1.82) is 0 Å². The molecule has 0 aliphatic carbocycles. The van der Waals surface area contributed by atoms with Gasteiger partial charge in [-0.3, -0.25) is 0 Å². The fraction of sp³-hybridized carbons (Fsp3) is 0. The van der Waals surface area contributed by atoms with Crippen molar-refractivity contribution in [2.75, 3.05) is 0 Å². The molecule has 0 spiro atoms. The Kier molecular flexibility index (Phi) is 8.45. The van der Waals surface area contributed by atoms with Gasteiger partial charge in [0.05, 0.1) is 0 Å². The summed E-state index contributed by atoms with van der Waals surface area (Å²) in [6.07, 6.45) is 2.98. The Morgan fingerprint density at radius 1 is 0.765 bits per heavy atom. The molecule has 4 nitrogen and oxygen atoms in total. The van der Waals surface area contributed by atoms with Crippen LogP contribution in [0.25, 0.3) is 0 Å². The predicted octanol–water partition coefficient (Wildman–Crippen LogP) is 2.53. The fourth-order valence-corrected chi connectivity index (χ4v) is 1.12. The first kappa shape index (κ1) is 16.6. The van der Waals surface area contributed by atoms with Gasteiger partial charge >= 0.3 is 37.7 Å². The normalized spacial score (nSPS) is 8.47. The standard InChI is InChI=1S/2C5H5NOS.Ca/c2*7-6-4-2-1-3-5(6)8;/h2*1-4,7H;/q;;+2. The van der Waals surface area contributed by atoms with E-state index in [0.717, 1.165) is 9.46 Å². The summed E-state index contributed by atoms with van der Waals surface area (Å²) >= 11 is 9.33. The van der Waals surface area contributed by atoms with E-state index in [2.05, 4.69) is 24.4 Å². The zero-order valence-electron chi connectivity index (χ0n) is 8.93. The Hall–Kier alpha value is -0.400. The number of aromatic nitrogens is 2.